The topological polar surface area (TPSA) is 83.0 Å². The van der Waals surface area contributed by atoms with Crippen LogP contribution in [-0.2, 0) is 7.05 Å². The molecular formula is C25H18N4O3. The summed E-state index contributed by atoms with van der Waals surface area (Å²) in [6.07, 6.45) is 5.60. The molecule has 3 aromatic carbocycles. The maximum Gasteiger partial charge on any atom is 0.293 e. The number of aryl methyl sites for hydroxylation is 1. The Morgan fingerprint density at radius 2 is 1.59 bits per heavy atom. The van der Waals surface area contributed by atoms with E-state index in [4.69, 9.17) is 0 Å². The van der Waals surface area contributed by atoms with Gasteiger partial charge in [0.15, 0.2) is 0 Å². The molecule has 7 nitrogen and oxygen atoms in total. The molecule has 2 heterocycles. The molecule has 0 N–H and O–H groups in total. The third kappa shape index (κ3) is 3.16. The van der Waals surface area contributed by atoms with Gasteiger partial charge in [-0.3, -0.25) is 19.5 Å². The highest BCUT2D eigenvalue weighted by Crippen LogP contribution is 2.25. The van der Waals surface area contributed by atoms with Crippen LogP contribution in [-0.4, -0.2) is 19.0 Å². The summed E-state index contributed by atoms with van der Waals surface area (Å²) in [6, 6.07) is 21.2. The number of hydrogen-bond acceptors (Lipinski definition) is 4. The second-order valence-electron chi connectivity index (χ2n) is 7.42. The predicted octanol–water partition coefficient (Wildman–Crippen LogP) is 4.96. The van der Waals surface area contributed by atoms with E-state index in [-0.39, 0.29) is 16.9 Å². The van der Waals surface area contributed by atoms with Gasteiger partial charge in [0.25, 0.3) is 11.2 Å². The predicted molar refractivity (Wildman–Crippen MR) is 126 cm³/mol. The molecule has 32 heavy (non-hydrogen) atoms. The van der Waals surface area contributed by atoms with Gasteiger partial charge in [-0.2, -0.15) is 0 Å². The first-order valence-electron chi connectivity index (χ1n) is 10.0. The normalized spacial score (nSPS) is 11.5. The molecule has 2 aromatic heterocycles. The van der Waals surface area contributed by atoms with Gasteiger partial charge >= 0.3 is 0 Å². The van der Waals surface area contributed by atoms with Crippen LogP contribution in [0.2, 0.25) is 0 Å². The van der Waals surface area contributed by atoms with E-state index in [1.807, 2.05) is 54.2 Å². The third-order valence-electron chi connectivity index (χ3n) is 5.46. The molecular weight excluding hydrogens is 404 g/mol. The first-order valence-corrected chi connectivity index (χ1v) is 10.0. The molecule has 7 heteroatoms. The lowest BCUT2D eigenvalue weighted by Crippen LogP contribution is -2.23. The number of aromatic nitrogens is 3. The van der Waals surface area contributed by atoms with E-state index in [2.05, 4.69) is 4.98 Å². The van der Waals surface area contributed by atoms with Crippen LogP contribution < -0.4 is 5.56 Å². The average molecular weight is 422 g/mol. The molecule has 5 rings (SSSR count). The van der Waals surface area contributed by atoms with Crippen LogP contribution in [0.5, 0.6) is 0 Å². The van der Waals surface area contributed by atoms with Gasteiger partial charge in [0, 0.05) is 35.8 Å². The Morgan fingerprint density at radius 1 is 0.906 bits per heavy atom. The van der Waals surface area contributed by atoms with Crippen molar-refractivity contribution in [1.29, 1.82) is 0 Å². The van der Waals surface area contributed by atoms with Crippen molar-refractivity contribution in [3.05, 3.63) is 111 Å². The molecule has 5 aromatic rings. The standard InChI is InChI=1S/C25H18N4O3/c1-27-16-17(18-8-3-5-11-21(18)27)14-15-24-26-20-10-4-2-9-19(20)25(30)28(24)22-12-6-7-13-23(22)29(31)32/h2-16H,1H3/b15-14-. The molecule has 0 fully saturated rings. The Bertz CT molecular complexity index is 1590. The number of nitro groups is 1. The van der Waals surface area contributed by atoms with Crippen LogP contribution in [0.4, 0.5) is 5.69 Å². The quantitative estimate of drug-likeness (QED) is 0.303. The second-order valence-corrected chi connectivity index (χ2v) is 7.42. The molecule has 0 saturated carbocycles. The molecule has 0 saturated heterocycles. The second kappa shape index (κ2) is 7.63. The van der Waals surface area contributed by atoms with Gasteiger partial charge in [0.05, 0.1) is 15.8 Å². The van der Waals surface area contributed by atoms with E-state index in [1.165, 1.54) is 10.6 Å². The monoisotopic (exact) mass is 422 g/mol. The van der Waals surface area contributed by atoms with Crippen molar-refractivity contribution in [1.82, 2.24) is 14.1 Å². The fourth-order valence-electron chi connectivity index (χ4n) is 3.97. The zero-order valence-electron chi connectivity index (χ0n) is 17.2. The number of para-hydroxylation sites is 4. The van der Waals surface area contributed by atoms with Crippen LogP contribution in [0.3, 0.4) is 0 Å². The van der Waals surface area contributed by atoms with Crippen LogP contribution in [0, 0.1) is 10.1 Å². The molecule has 0 radical (unpaired) electrons. The minimum Gasteiger partial charge on any atom is -0.350 e. The summed E-state index contributed by atoms with van der Waals surface area (Å²) in [5.41, 5.74) is 2.23. The van der Waals surface area contributed by atoms with Gasteiger partial charge in [-0.05, 0) is 36.4 Å². The average Bonchev–Trinajstić information content (AvgIpc) is 3.13. The molecule has 0 aliphatic carbocycles. The summed E-state index contributed by atoms with van der Waals surface area (Å²) in [6.45, 7) is 0. The van der Waals surface area contributed by atoms with E-state index in [9.17, 15) is 14.9 Å². The number of benzene rings is 3. The Hall–Kier alpha value is -4.52. The lowest BCUT2D eigenvalue weighted by Gasteiger charge is -2.11. The van der Waals surface area contributed by atoms with Crippen LogP contribution in [0.15, 0.2) is 83.8 Å². The van der Waals surface area contributed by atoms with Crippen molar-refractivity contribution in [3.63, 3.8) is 0 Å². The molecule has 0 atom stereocenters. The summed E-state index contributed by atoms with van der Waals surface area (Å²) in [4.78, 5) is 29.2. The number of rotatable bonds is 4. The summed E-state index contributed by atoms with van der Waals surface area (Å²) >= 11 is 0. The van der Waals surface area contributed by atoms with Crippen molar-refractivity contribution < 1.29 is 4.92 Å². The number of nitrogens with zero attached hydrogens (tertiary/aromatic N) is 4. The smallest absolute Gasteiger partial charge is 0.293 e. The van der Waals surface area contributed by atoms with Gasteiger partial charge in [-0.15, -0.1) is 0 Å². The highest BCUT2D eigenvalue weighted by Gasteiger charge is 2.19. The van der Waals surface area contributed by atoms with Crippen LogP contribution in [0.1, 0.15) is 11.4 Å². The van der Waals surface area contributed by atoms with Gasteiger partial charge in [-0.1, -0.05) is 42.5 Å². The van der Waals surface area contributed by atoms with Crippen molar-refractivity contribution >= 4 is 39.6 Å². The summed E-state index contributed by atoms with van der Waals surface area (Å²) in [5.74, 6) is 0.316. The Morgan fingerprint density at radius 3 is 2.41 bits per heavy atom. The Balaban J connectivity index is 1.78. The van der Waals surface area contributed by atoms with Gasteiger partial charge in [-0.25, -0.2) is 4.98 Å². The van der Waals surface area contributed by atoms with E-state index in [0.29, 0.717) is 16.7 Å². The van der Waals surface area contributed by atoms with E-state index in [0.717, 1.165) is 16.5 Å². The van der Waals surface area contributed by atoms with Crippen LogP contribution >= 0.6 is 0 Å². The highest BCUT2D eigenvalue weighted by atomic mass is 16.6. The first kappa shape index (κ1) is 19.4. The van der Waals surface area contributed by atoms with E-state index < -0.39 is 4.92 Å². The molecule has 0 bridgehead atoms. The zero-order chi connectivity index (χ0) is 22.2. The molecule has 0 amide bonds. The Kier molecular flexibility index (Phi) is 4.63. The minimum atomic E-state index is -0.491. The van der Waals surface area contributed by atoms with Crippen LogP contribution in [0.25, 0.3) is 39.6 Å². The summed E-state index contributed by atoms with van der Waals surface area (Å²) in [5, 5.41) is 13.1. The molecule has 0 spiro atoms. The lowest BCUT2D eigenvalue weighted by molar-refractivity contribution is -0.384. The maximum absolute atomic E-state index is 13.4. The van der Waals surface area contributed by atoms with E-state index in [1.54, 1.807) is 42.5 Å². The molecule has 156 valence electrons. The fourth-order valence-corrected chi connectivity index (χ4v) is 3.97. The SMILES string of the molecule is Cn1cc(/C=C\c2nc3ccccc3c(=O)n2-c2ccccc2[N+](=O)[O-])c2ccccc21. The minimum absolute atomic E-state index is 0.161. The van der Waals surface area contributed by atoms with Crippen molar-refractivity contribution in [3.8, 4) is 5.69 Å². The number of fused-ring (bicyclic) bond motifs is 2. The zero-order valence-corrected chi connectivity index (χ0v) is 17.2. The fraction of sp³-hybridized carbons (Fsp3) is 0.0400. The first-order chi connectivity index (χ1) is 15.5. The molecule has 0 aliphatic heterocycles. The van der Waals surface area contributed by atoms with Crippen molar-refractivity contribution in [2.45, 2.75) is 0 Å². The highest BCUT2D eigenvalue weighted by molar-refractivity contribution is 5.92. The molecule has 0 unspecified atom stereocenters. The van der Waals surface area contributed by atoms with E-state index >= 15 is 0 Å². The summed E-state index contributed by atoms with van der Waals surface area (Å²) in [7, 11) is 1.97. The molecule has 0 aliphatic rings. The Labute approximate surface area is 182 Å². The van der Waals surface area contributed by atoms with Gasteiger partial charge < -0.3 is 4.57 Å². The third-order valence-corrected chi connectivity index (χ3v) is 5.46. The lowest BCUT2D eigenvalue weighted by atomic mass is 10.1. The number of hydrogen-bond donors (Lipinski definition) is 0. The van der Waals surface area contributed by atoms with Crippen molar-refractivity contribution in [2.75, 3.05) is 0 Å². The summed E-state index contributed by atoms with van der Waals surface area (Å²) < 4.78 is 3.33. The largest absolute Gasteiger partial charge is 0.350 e. The number of nitro benzene ring substituents is 1. The van der Waals surface area contributed by atoms with Crippen molar-refractivity contribution in [2.24, 2.45) is 7.05 Å². The maximum atomic E-state index is 13.4. The van der Waals surface area contributed by atoms with Gasteiger partial charge in [0.1, 0.15) is 11.5 Å². The van der Waals surface area contributed by atoms with Gasteiger partial charge in [0.2, 0.25) is 0 Å².